The van der Waals surface area contributed by atoms with Crippen molar-refractivity contribution < 1.29 is 45.8 Å². The van der Waals surface area contributed by atoms with Gasteiger partial charge in [-0.1, -0.05) is 34.1 Å². The number of esters is 1. The molecule has 1 saturated heterocycles. The number of carbonyl (C=O) groups is 3. The van der Waals surface area contributed by atoms with E-state index in [1.165, 1.54) is 19.1 Å². The first-order valence-corrected chi connectivity index (χ1v) is 13.6. The van der Waals surface area contributed by atoms with E-state index in [-0.39, 0.29) is 17.7 Å². The third-order valence-corrected chi connectivity index (χ3v) is 8.17. The Morgan fingerprint density at radius 2 is 1.56 bits per heavy atom. The van der Waals surface area contributed by atoms with Crippen LogP contribution in [0.1, 0.15) is 60.3 Å². The first-order chi connectivity index (χ1) is 19.0. The smallest absolute Gasteiger partial charge is 0.314 e. The van der Waals surface area contributed by atoms with E-state index >= 15 is 0 Å². The van der Waals surface area contributed by atoms with Crippen LogP contribution >= 0.6 is 0 Å². The van der Waals surface area contributed by atoms with Crippen molar-refractivity contribution in [2.75, 3.05) is 27.7 Å². The van der Waals surface area contributed by atoms with Crippen molar-refractivity contribution in [1.29, 1.82) is 0 Å². The van der Waals surface area contributed by atoms with E-state index in [1.54, 1.807) is 20.8 Å². The number of likely N-dealkylation sites (N-methyl/N-ethyl adjacent to an activating group) is 2. The molecule has 13 heteroatoms. The van der Waals surface area contributed by atoms with Crippen LogP contribution in [-0.4, -0.2) is 79.1 Å². The van der Waals surface area contributed by atoms with Crippen molar-refractivity contribution in [3.8, 4) is 5.75 Å². The average molecular weight is 594 g/mol. The lowest BCUT2D eigenvalue weighted by molar-refractivity contribution is -0.147. The lowest BCUT2D eigenvalue weighted by Gasteiger charge is -2.40. The quantitative estimate of drug-likeness (QED) is 0.129. The molecule has 1 heterocycles. The molecule has 41 heavy (non-hydrogen) atoms. The highest BCUT2D eigenvalue weighted by Gasteiger charge is 2.44. The van der Waals surface area contributed by atoms with Gasteiger partial charge in [0, 0.05) is 14.2 Å². The fourth-order valence-corrected chi connectivity index (χ4v) is 5.14. The van der Waals surface area contributed by atoms with Gasteiger partial charge in [0.1, 0.15) is 6.04 Å². The number of nitrogens with one attached hydrogen (secondary N) is 1. The summed E-state index contributed by atoms with van der Waals surface area (Å²) in [4.78, 5) is 43.0. The van der Waals surface area contributed by atoms with Crippen LogP contribution in [0.4, 0.5) is 22.0 Å². The van der Waals surface area contributed by atoms with Gasteiger partial charge in [-0.05, 0) is 45.2 Å². The van der Waals surface area contributed by atoms with Gasteiger partial charge in [0.2, 0.25) is 46.6 Å². The summed E-state index contributed by atoms with van der Waals surface area (Å²) in [6, 6.07) is -1.70. The van der Waals surface area contributed by atoms with Gasteiger partial charge in [0.25, 0.3) is 0 Å². The van der Waals surface area contributed by atoms with E-state index in [9.17, 15) is 36.3 Å². The van der Waals surface area contributed by atoms with Crippen LogP contribution in [0, 0.1) is 40.9 Å². The highest BCUT2D eigenvalue weighted by Crippen LogP contribution is 2.31. The minimum absolute atomic E-state index is 0.280. The number of carbonyl (C=O) groups excluding carboxylic acids is 3. The van der Waals surface area contributed by atoms with Crippen molar-refractivity contribution in [2.45, 2.75) is 84.0 Å². The maximum atomic E-state index is 14.1. The number of hydrogen-bond acceptors (Lipinski definition) is 6. The Kier molecular flexibility index (Phi) is 11.7. The molecule has 0 aromatic heterocycles. The molecular formula is C28H40F5N3O5. The van der Waals surface area contributed by atoms with Crippen molar-refractivity contribution in [3.05, 3.63) is 29.1 Å². The maximum absolute atomic E-state index is 14.1. The summed E-state index contributed by atoms with van der Waals surface area (Å²) < 4.78 is 78.7. The van der Waals surface area contributed by atoms with Crippen LogP contribution in [0.25, 0.3) is 0 Å². The second kappa shape index (κ2) is 13.9. The second-order valence-electron chi connectivity index (χ2n) is 11.2. The predicted molar refractivity (Wildman–Crippen MR) is 140 cm³/mol. The Bertz CT molecular complexity index is 1110. The fourth-order valence-electron chi connectivity index (χ4n) is 5.14. The molecule has 1 aromatic carbocycles. The average Bonchev–Trinajstić information content (AvgIpc) is 3.28. The summed E-state index contributed by atoms with van der Waals surface area (Å²) in [5, 5.41) is 2.89. The molecule has 0 saturated carbocycles. The van der Waals surface area contributed by atoms with E-state index in [2.05, 4.69) is 10.1 Å². The van der Waals surface area contributed by atoms with Crippen LogP contribution in [-0.2, 0) is 19.1 Å². The van der Waals surface area contributed by atoms with Gasteiger partial charge < -0.3 is 19.7 Å². The summed E-state index contributed by atoms with van der Waals surface area (Å²) in [6.07, 6.45) is 0.236. The molecule has 8 nitrogen and oxygen atoms in total. The third-order valence-electron chi connectivity index (χ3n) is 8.17. The van der Waals surface area contributed by atoms with Crippen LogP contribution in [0.2, 0.25) is 0 Å². The SMILES string of the molecule is CCC(C)C(C(CC(=O)Oc1c(F)c(F)c(F)c(F)c1F)OC)N(C)C(=O)C(NC(=O)C1(C)CCCN1C)C(C)C. The number of nitrogens with zero attached hydrogens (tertiary/aromatic N) is 2. The first-order valence-electron chi connectivity index (χ1n) is 13.6. The van der Waals surface area contributed by atoms with Crippen LogP contribution in [0.3, 0.4) is 0 Å². The number of amides is 2. The Balaban J connectivity index is 2.31. The molecule has 0 aliphatic carbocycles. The van der Waals surface area contributed by atoms with E-state index in [0.717, 1.165) is 13.0 Å². The first kappa shape index (κ1) is 34.4. The molecule has 2 rings (SSSR count). The summed E-state index contributed by atoms with van der Waals surface area (Å²) in [5.41, 5.74) is -0.773. The largest absolute Gasteiger partial charge is 0.420 e. The van der Waals surface area contributed by atoms with Crippen molar-refractivity contribution in [3.63, 3.8) is 0 Å². The van der Waals surface area contributed by atoms with Crippen LogP contribution in [0.15, 0.2) is 0 Å². The third kappa shape index (κ3) is 7.17. The van der Waals surface area contributed by atoms with Crippen molar-refractivity contribution >= 4 is 17.8 Å². The highest BCUT2D eigenvalue weighted by molar-refractivity contribution is 5.92. The maximum Gasteiger partial charge on any atom is 0.314 e. The highest BCUT2D eigenvalue weighted by atomic mass is 19.2. The molecule has 0 spiro atoms. The Hall–Kier alpha value is -2.80. The monoisotopic (exact) mass is 593 g/mol. The number of halogens is 5. The molecule has 2 amide bonds. The number of rotatable bonds is 12. The molecule has 1 N–H and O–H groups in total. The molecule has 1 aliphatic heterocycles. The molecule has 0 bridgehead atoms. The number of ether oxygens (including phenoxy) is 2. The minimum Gasteiger partial charge on any atom is -0.420 e. The molecule has 1 fully saturated rings. The summed E-state index contributed by atoms with van der Waals surface area (Å²) in [5.74, 6) is -15.8. The minimum atomic E-state index is -2.38. The predicted octanol–water partition coefficient (Wildman–Crippen LogP) is 4.19. The molecule has 1 aliphatic rings. The Morgan fingerprint density at radius 3 is 2.00 bits per heavy atom. The number of hydrogen-bond donors (Lipinski definition) is 1. The zero-order valence-electron chi connectivity index (χ0n) is 24.7. The second-order valence-corrected chi connectivity index (χ2v) is 11.2. The standard InChI is InChI=1S/C28H40F5N3O5/c1-9-15(4)24(16(40-8)13-17(37)41-25-21(32)19(30)18(29)20(31)22(25)33)36(7)26(38)23(14(2)3)34-27(39)28(5)11-10-12-35(28)6/h14-16,23-24H,9-13H2,1-8H3,(H,34,39). The zero-order chi connectivity index (χ0) is 31.4. The van der Waals surface area contributed by atoms with E-state index < -0.39 is 76.9 Å². The normalized spacial score (nSPS) is 20.4. The number of benzene rings is 1. The number of likely N-dealkylation sites (tertiary alicyclic amines) is 1. The molecule has 0 radical (unpaired) electrons. The summed E-state index contributed by atoms with van der Waals surface area (Å²) >= 11 is 0. The Labute approximate surface area is 237 Å². The number of methoxy groups -OCH3 is 1. The molecule has 5 unspecified atom stereocenters. The van der Waals surface area contributed by atoms with Gasteiger partial charge in [-0.25, -0.2) is 13.2 Å². The Morgan fingerprint density at radius 1 is 1.02 bits per heavy atom. The fraction of sp³-hybridized carbons (Fsp3) is 0.679. The lowest BCUT2D eigenvalue weighted by Crippen LogP contribution is -2.61. The topological polar surface area (TPSA) is 88.2 Å². The molecular weight excluding hydrogens is 553 g/mol. The van der Waals surface area contributed by atoms with Gasteiger partial charge in [-0.3, -0.25) is 19.3 Å². The van der Waals surface area contributed by atoms with Gasteiger partial charge in [-0.2, -0.15) is 8.78 Å². The van der Waals surface area contributed by atoms with Crippen molar-refractivity contribution in [1.82, 2.24) is 15.1 Å². The van der Waals surface area contributed by atoms with E-state index in [0.29, 0.717) is 12.8 Å². The molecule has 5 atom stereocenters. The molecule has 232 valence electrons. The zero-order valence-corrected chi connectivity index (χ0v) is 24.7. The van der Waals surface area contributed by atoms with Crippen LogP contribution < -0.4 is 10.1 Å². The van der Waals surface area contributed by atoms with E-state index in [1.807, 2.05) is 25.8 Å². The molecule has 1 aromatic rings. The van der Waals surface area contributed by atoms with Crippen LogP contribution in [0.5, 0.6) is 5.75 Å². The van der Waals surface area contributed by atoms with Gasteiger partial charge >= 0.3 is 5.97 Å². The lowest BCUT2D eigenvalue weighted by atomic mass is 9.89. The summed E-state index contributed by atoms with van der Waals surface area (Å²) in [6.45, 7) is 9.77. The van der Waals surface area contributed by atoms with E-state index in [4.69, 9.17) is 4.74 Å². The van der Waals surface area contributed by atoms with Gasteiger partial charge in [0.05, 0.1) is 24.1 Å². The summed E-state index contributed by atoms with van der Waals surface area (Å²) in [7, 11) is 4.59. The van der Waals surface area contributed by atoms with Gasteiger partial charge in [-0.15, -0.1) is 0 Å². The van der Waals surface area contributed by atoms with Crippen molar-refractivity contribution in [2.24, 2.45) is 11.8 Å². The van der Waals surface area contributed by atoms with Gasteiger partial charge in [0.15, 0.2) is 0 Å².